The summed E-state index contributed by atoms with van der Waals surface area (Å²) in [7, 11) is 0. The zero-order valence-corrected chi connectivity index (χ0v) is 10.9. The number of halogens is 1. The first-order chi connectivity index (χ1) is 7.09. The lowest BCUT2D eigenvalue weighted by molar-refractivity contribution is -0.0387. The summed E-state index contributed by atoms with van der Waals surface area (Å²) in [5.41, 5.74) is 6.64. The van der Waals surface area contributed by atoms with Crippen LogP contribution in [0.2, 0.25) is 0 Å². The summed E-state index contributed by atoms with van der Waals surface area (Å²) in [6.45, 7) is 5.31. The Morgan fingerprint density at radius 1 is 1.33 bits per heavy atom. The van der Waals surface area contributed by atoms with E-state index in [1.807, 2.05) is 19.1 Å². The first-order valence-electron chi connectivity index (χ1n) is 5.18. The van der Waals surface area contributed by atoms with Gasteiger partial charge in [-0.1, -0.05) is 35.0 Å². The molecular weight excluding hydrogens is 254 g/mol. The average Bonchev–Trinajstić information content (AvgIpc) is 2.28. The maximum Gasteiger partial charge on any atom is 0.0778 e. The van der Waals surface area contributed by atoms with Crippen molar-refractivity contribution in [3.8, 4) is 0 Å². The Balaban J connectivity index is 2.53. The molecule has 1 unspecified atom stereocenters. The third-order valence-corrected chi connectivity index (χ3v) is 3.21. The lowest BCUT2D eigenvalue weighted by Crippen LogP contribution is -2.36. The van der Waals surface area contributed by atoms with Crippen LogP contribution in [-0.4, -0.2) is 12.1 Å². The van der Waals surface area contributed by atoms with Crippen LogP contribution in [0.1, 0.15) is 25.8 Å². The van der Waals surface area contributed by atoms with Crippen molar-refractivity contribution in [3.63, 3.8) is 0 Å². The fraction of sp³-hybridized carbons (Fsp3) is 0.500. The van der Waals surface area contributed by atoms with Crippen LogP contribution >= 0.6 is 15.9 Å². The summed E-state index contributed by atoms with van der Waals surface area (Å²) >= 11 is 3.40. The molecule has 0 fully saturated rings. The van der Waals surface area contributed by atoms with Crippen LogP contribution in [0.25, 0.3) is 0 Å². The van der Waals surface area contributed by atoms with Crippen LogP contribution in [-0.2, 0) is 11.3 Å². The largest absolute Gasteiger partial charge is 0.369 e. The topological polar surface area (TPSA) is 35.2 Å². The Kier molecular flexibility index (Phi) is 4.77. The summed E-state index contributed by atoms with van der Waals surface area (Å²) in [6.07, 6.45) is 0.931. The monoisotopic (exact) mass is 271 g/mol. The molecule has 1 aromatic rings. The van der Waals surface area contributed by atoms with Crippen molar-refractivity contribution < 1.29 is 4.74 Å². The van der Waals surface area contributed by atoms with Crippen molar-refractivity contribution in [1.29, 1.82) is 0 Å². The van der Waals surface area contributed by atoms with Gasteiger partial charge in [0.2, 0.25) is 0 Å². The SMILES string of the molecule is CCC(C)(CN)OCc1ccc(Br)cc1. The highest BCUT2D eigenvalue weighted by molar-refractivity contribution is 9.10. The van der Waals surface area contributed by atoms with Crippen molar-refractivity contribution in [2.24, 2.45) is 5.73 Å². The van der Waals surface area contributed by atoms with E-state index in [1.54, 1.807) is 0 Å². The summed E-state index contributed by atoms with van der Waals surface area (Å²) in [5.74, 6) is 0. The summed E-state index contributed by atoms with van der Waals surface area (Å²) in [6, 6.07) is 8.14. The van der Waals surface area contributed by atoms with E-state index < -0.39 is 0 Å². The van der Waals surface area contributed by atoms with Gasteiger partial charge in [0, 0.05) is 11.0 Å². The van der Waals surface area contributed by atoms with Gasteiger partial charge in [-0.3, -0.25) is 0 Å². The molecule has 0 radical (unpaired) electrons. The molecule has 15 heavy (non-hydrogen) atoms. The molecule has 0 aliphatic heterocycles. The predicted octanol–water partition coefficient (Wildman–Crippen LogP) is 3.09. The highest BCUT2D eigenvalue weighted by Crippen LogP contribution is 2.17. The molecular formula is C12H18BrNO. The van der Waals surface area contributed by atoms with Crippen LogP contribution in [0.15, 0.2) is 28.7 Å². The quantitative estimate of drug-likeness (QED) is 0.894. The van der Waals surface area contributed by atoms with Crippen LogP contribution in [0.4, 0.5) is 0 Å². The van der Waals surface area contributed by atoms with Gasteiger partial charge in [-0.05, 0) is 31.0 Å². The van der Waals surface area contributed by atoms with E-state index in [4.69, 9.17) is 10.5 Å². The zero-order valence-electron chi connectivity index (χ0n) is 9.29. The minimum absolute atomic E-state index is 0.201. The molecule has 1 atom stereocenters. The second kappa shape index (κ2) is 5.64. The van der Waals surface area contributed by atoms with Crippen molar-refractivity contribution in [2.75, 3.05) is 6.54 Å². The first-order valence-corrected chi connectivity index (χ1v) is 5.97. The Hall–Kier alpha value is -0.380. The smallest absolute Gasteiger partial charge is 0.0778 e. The molecule has 0 saturated carbocycles. The van der Waals surface area contributed by atoms with E-state index in [1.165, 1.54) is 5.56 Å². The summed E-state index contributed by atoms with van der Waals surface area (Å²) in [4.78, 5) is 0. The minimum atomic E-state index is -0.201. The van der Waals surface area contributed by atoms with E-state index in [2.05, 4.69) is 35.0 Å². The second-order valence-corrected chi connectivity index (χ2v) is 4.84. The van der Waals surface area contributed by atoms with E-state index in [-0.39, 0.29) is 5.60 Å². The summed E-state index contributed by atoms with van der Waals surface area (Å²) < 4.78 is 6.90. The molecule has 0 spiro atoms. The van der Waals surface area contributed by atoms with Gasteiger partial charge in [-0.2, -0.15) is 0 Å². The molecule has 0 aliphatic rings. The molecule has 1 rings (SSSR count). The second-order valence-electron chi connectivity index (χ2n) is 3.92. The predicted molar refractivity (Wildman–Crippen MR) is 66.7 cm³/mol. The van der Waals surface area contributed by atoms with Crippen LogP contribution < -0.4 is 5.73 Å². The lowest BCUT2D eigenvalue weighted by Gasteiger charge is -2.26. The third kappa shape index (κ3) is 3.93. The molecule has 0 heterocycles. The standard InChI is InChI=1S/C12H18BrNO/c1-3-12(2,9-14)15-8-10-4-6-11(13)7-5-10/h4-7H,3,8-9,14H2,1-2H3. The van der Waals surface area contributed by atoms with Gasteiger partial charge >= 0.3 is 0 Å². The summed E-state index contributed by atoms with van der Waals surface area (Å²) in [5, 5.41) is 0. The highest BCUT2D eigenvalue weighted by Gasteiger charge is 2.20. The molecule has 0 saturated heterocycles. The Bertz CT molecular complexity index is 293. The molecule has 2 N–H and O–H groups in total. The van der Waals surface area contributed by atoms with Gasteiger partial charge in [0.25, 0.3) is 0 Å². The minimum Gasteiger partial charge on any atom is -0.369 e. The maximum atomic E-state index is 5.81. The molecule has 0 amide bonds. The lowest BCUT2D eigenvalue weighted by atomic mass is 10.0. The highest BCUT2D eigenvalue weighted by atomic mass is 79.9. The number of nitrogens with two attached hydrogens (primary N) is 1. The Labute approximate surface area is 99.9 Å². The van der Waals surface area contributed by atoms with E-state index in [0.717, 1.165) is 10.9 Å². The number of rotatable bonds is 5. The third-order valence-electron chi connectivity index (χ3n) is 2.68. The van der Waals surface area contributed by atoms with Gasteiger partial charge in [-0.25, -0.2) is 0 Å². The van der Waals surface area contributed by atoms with Gasteiger partial charge < -0.3 is 10.5 Å². The molecule has 2 nitrogen and oxygen atoms in total. The van der Waals surface area contributed by atoms with Crippen molar-refractivity contribution >= 4 is 15.9 Å². The molecule has 0 aliphatic carbocycles. The normalized spacial score (nSPS) is 14.9. The molecule has 1 aromatic carbocycles. The molecule has 0 bridgehead atoms. The van der Waals surface area contributed by atoms with Crippen LogP contribution in [0, 0.1) is 0 Å². The fourth-order valence-electron chi connectivity index (χ4n) is 1.14. The molecule has 3 heteroatoms. The van der Waals surface area contributed by atoms with Crippen LogP contribution in [0.5, 0.6) is 0 Å². The number of ether oxygens (including phenoxy) is 1. The average molecular weight is 272 g/mol. The number of benzene rings is 1. The number of hydrogen-bond acceptors (Lipinski definition) is 2. The number of hydrogen-bond donors (Lipinski definition) is 1. The zero-order chi connectivity index (χ0) is 11.3. The van der Waals surface area contributed by atoms with Crippen molar-refractivity contribution in [1.82, 2.24) is 0 Å². The van der Waals surface area contributed by atoms with E-state index >= 15 is 0 Å². The Morgan fingerprint density at radius 3 is 2.40 bits per heavy atom. The van der Waals surface area contributed by atoms with E-state index in [9.17, 15) is 0 Å². The van der Waals surface area contributed by atoms with Crippen LogP contribution in [0.3, 0.4) is 0 Å². The Morgan fingerprint density at radius 2 is 1.93 bits per heavy atom. The molecule has 84 valence electrons. The fourth-order valence-corrected chi connectivity index (χ4v) is 1.41. The van der Waals surface area contributed by atoms with Gasteiger partial charge in [0.05, 0.1) is 12.2 Å². The van der Waals surface area contributed by atoms with Gasteiger partial charge in [0.15, 0.2) is 0 Å². The van der Waals surface area contributed by atoms with Gasteiger partial charge in [0.1, 0.15) is 0 Å². The van der Waals surface area contributed by atoms with Gasteiger partial charge in [-0.15, -0.1) is 0 Å². The maximum absolute atomic E-state index is 5.81. The first kappa shape index (κ1) is 12.7. The van der Waals surface area contributed by atoms with Crippen molar-refractivity contribution in [2.45, 2.75) is 32.5 Å². The van der Waals surface area contributed by atoms with Crippen molar-refractivity contribution in [3.05, 3.63) is 34.3 Å². The van der Waals surface area contributed by atoms with E-state index in [0.29, 0.717) is 13.2 Å². The molecule has 0 aromatic heterocycles.